The van der Waals surface area contributed by atoms with Crippen molar-refractivity contribution in [2.24, 2.45) is 17.3 Å². The number of nitrogens with one attached hydrogen (secondary N) is 1. The molecule has 3 nitrogen and oxygen atoms in total. The molecule has 1 aromatic rings. The monoisotopic (exact) mass is 270 g/mol. The number of amides is 1. The fourth-order valence-electron chi connectivity index (χ4n) is 3.17. The van der Waals surface area contributed by atoms with Gasteiger partial charge in [-0.05, 0) is 48.4 Å². The molecule has 2 rings (SSSR count). The summed E-state index contributed by atoms with van der Waals surface area (Å²) in [5.74, 6) is 0.665. The topological polar surface area (TPSA) is 52.9 Å². The van der Waals surface area contributed by atoms with Crippen molar-refractivity contribution in [2.45, 2.75) is 40.0 Å². The molecule has 106 valence electrons. The van der Waals surface area contributed by atoms with Crippen molar-refractivity contribution >= 4 is 11.6 Å². The van der Waals surface area contributed by atoms with Gasteiger partial charge in [0.25, 0.3) is 0 Å². The van der Waals surface area contributed by atoms with Crippen LogP contribution < -0.4 is 5.32 Å². The lowest BCUT2D eigenvalue weighted by Crippen LogP contribution is -2.32. The number of hydrogen-bond acceptors (Lipinski definition) is 2. The summed E-state index contributed by atoms with van der Waals surface area (Å²) >= 11 is 0. The summed E-state index contributed by atoms with van der Waals surface area (Å²) in [6, 6.07) is 9.11. The highest BCUT2D eigenvalue weighted by atomic mass is 16.1. The largest absolute Gasteiger partial charge is 0.326 e. The van der Waals surface area contributed by atoms with Crippen LogP contribution in [0.2, 0.25) is 0 Å². The molecule has 2 unspecified atom stereocenters. The van der Waals surface area contributed by atoms with Gasteiger partial charge < -0.3 is 5.32 Å². The molecule has 0 heterocycles. The maximum absolute atomic E-state index is 12.5. The number of carbonyl (C=O) groups excluding carboxylic acids is 1. The Morgan fingerprint density at radius 3 is 2.45 bits per heavy atom. The standard InChI is InChI=1S/C17H22N2O/c1-17(2,3)15-6-4-5-14(15)16(20)19-13-9-7-12(11-18)8-10-13/h7-10,14-15H,4-6H2,1-3H3,(H,19,20). The van der Waals surface area contributed by atoms with Crippen molar-refractivity contribution in [1.82, 2.24) is 0 Å². The fourth-order valence-corrected chi connectivity index (χ4v) is 3.17. The lowest BCUT2D eigenvalue weighted by molar-refractivity contribution is -0.122. The normalized spacial score (nSPS) is 22.3. The third-order valence-corrected chi connectivity index (χ3v) is 4.25. The summed E-state index contributed by atoms with van der Waals surface area (Å²) in [4.78, 5) is 12.5. The number of carbonyl (C=O) groups is 1. The molecule has 1 fully saturated rings. The zero-order chi connectivity index (χ0) is 14.8. The average Bonchev–Trinajstić information content (AvgIpc) is 2.89. The smallest absolute Gasteiger partial charge is 0.227 e. The van der Waals surface area contributed by atoms with Crippen LogP contribution in [0.15, 0.2) is 24.3 Å². The number of nitriles is 1. The molecule has 0 spiro atoms. The van der Waals surface area contributed by atoms with Crippen LogP contribution in [0.25, 0.3) is 0 Å². The number of rotatable bonds is 2. The summed E-state index contributed by atoms with van der Waals surface area (Å²) in [6.07, 6.45) is 3.24. The Morgan fingerprint density at radius 1 is 1.25 bits per heavy atom. The Morgan fingerprint density at radius 2 is 1.90 bits per heavy atom. The molecule has 0 saturated heterocycles. The molecule has 20 heavy (non-hydrogen) atoms. The predicted molar refractivity (Wildman–Crippen MR) is 80.1 cm³/mol. The Bertz CT molecular complexity index is 519. The van der Waals surface area contributed by atoms with Gasteiger partial charge in [0.05, 0.1) is 11.6 Å². The molecule has 0 bridgehead atoms. The van der Waals surface area contributed by atoms with Crippen molar-refractivity contribution in [3.63, 3.8) is 0 Å². The molecule has 1 N–H and O–H groups in total. The second-order valence-electron chi connectivity index (χ2n) is 6.69. The molecule has 1 aliphatic carbocycles. The van der Waals surface area contributed by atoms with Crippen molar-refractivity contribution in [1.29, 1.82) is 5.26 Å². The van der Waals surface area contributed by atoms with Gasteiger partial charge in [-0.3, -0.25) is 4.79 Å². The van der Waals surface area contributed by atoms with E-state index in [1.807, 2.05) is 0 Å². The molecular formula is C17H22N2O. The number of anilines is 1. The van der Waals surface area contributed by atoms with Crippen molar-refractivity contribution < 1.29 is 4.79 Å². The van der Waals surface area contributed by atoms with E-state index in [0.717, 1.165) is 24.9 Å². The Balaban J connectivity index is 2.06. The van der Waals surface area contributed by atoms with Crippen molar-refractivity contribution in [3.05, 3.63) is 29.8 Å². The third kappa shape index (κ3) is 3.19. The van der Waals surface area contributed by atoms with Crippen molar-refractivity contribution in [3.8, 4) is 6.07 Å². The highest BCUT2D eigenvalue weighted by molar-refractivity contribution is 5.93. The highest BCUT2D eigenvalue weighted by Crippen LogP contribution is 2.43. The second kappa shape index (κ2) is 5.66. The SMILES string of the molecule is CC(C)(C)C1CCCC1C(=O)Nc1ccc(C#N)cc1. The minimum Gasteiger partial charge on any atom is -0.326 e. The Hall–Kier alpha value is -1.82. The summed E-state index contributed by atoms with van der Waals surface area (Å²) in [5.41, 5.74) is 1.55. The van der Waals surface area contributed by atoms with Crippen molar-refractivity contribution in [2.75, 3.05) is 5.32 Å². The Labute approximate surface area is 121 Å². The lowest BCUT2D eigenvalue weighted by Gasteiger charge is -2.31. The molecule has 1 saturated carbocycles. The van der Waals surface area contributed by atoms with Crippen LogP contribution in [0, 0.1) is 28.6 Å². The van der Waals surface area contributed by atoms with E-state index in [1.54, 1.807) is 24.3 Å². The molecular weight excluding hydrogens is 248 g/mol. The van der Waals surface area contributed by atoms with E-state index in [-0.39, 0.29) is 17.2 Å². The van der Waals surface area contributed by atoms with Gasteiger partial charge in [0, 0.05) is 11.6 Å². The average molecular weight is 270 g/mol. The molecule has 0 radical (unpaired) electrons. The Kier molecular flexibility index (Phi) is 4.13. The van der Waals surface area contributed by atoms with Gasteiger partial charge in [-0.2, -0.15) is 5.26 Å². The van der Waals surface area contributed by atoms with Gasteiger partial charge >= 0.3 is 0 Å². The van der Waals surface area contributed by atoms with Crippen LogP contribution in [0.4, 0.5) is 5.69 Å². The molecule has 1 aromatic carbocycles. The zero-order valence-electron chi connectivity index (χ0n) is 12.4. The quantitative estimate of drug-likeness (QED) is 0.884. The van der Waals surface area contributed by atoms with E-state index in [9.17, 15) is 4.79 Å². The van der Waals surface area contributed by atoms with Crippen LogP contribution in [-0.2, 0) is 4.79 Å². The first-order valence-electron chi connectivity index (χ1n) is 7.23. The first kappa shape index (κ1) is 14.6. The fraction of sp³-hybridized carbons (Fsp3) is 0.529. The van der Waals surface area contributed by atoms with E-state index < -0.39 is 0 Å². The van der Waals surface area contributed by atoms with E-state index >= 15 is 0 Å². The molecule has 3 heteroatoms. The predicted octanol–water partition coefficient (Wildman–Crippen LogP) is 3.96. The van der Waals surface area contributed by atoms with Gasteiger partial charge in [0.15, 0.2) is 0 Å². The summed E-state index contributed by atoms with van der Waals surface area (Å²) in [6.45, 7) is 6.64. The van der Waals surface area contributed by atoms with E-state index in [0.29, 0.717) is 11.5 Å². The van der Waals surface area contributed by atoms with Gasteiger partial charge in [-0.25, -0.2) is 0 Å². The molecule has 2 atom stereocenters. The van der Waals surface area contributed by atoms with E-state index in [2.05, 4.69) is 32.2 Å². The van der Waals surface area contributed by atoms with Crippen LogP contribution in [-0.4, -0.2) is 5.91 Å². The van der Waals surface area contributed by atoms with Crippen LogP contribution in [0.5, 0.6) is 0 Å². The number of benzene rings is 1. The maximum atomic E-state index is 12.5. The molecule has 1 amide bonds. The molecule has 0 aliphatic heterocycles. The first-order valence-corrected chi connectivity index (χ1v) is 7.23. The summed E-state index contributed by atoms with van der Waals surface area (Å²) in [5, 5.41) is 11.8. The van der Waals surface area contributed by atoms with Gasteiger partial charge in [-0.1, -0.05) is 27.2 Å². The number of nitrogens with zero attached hydrogens (tertiary/aromatic N) is 1. The summed E-state index contributed by atoms with van der Waals surface area (Å²) in [7, 11) is 0. The van der Waals surface area contributed by atoms with E-state index in [1.165, 1.54) is 0 Å². The van der Waals surface area contributed by atoms with Gasteiger partial charge in [0.2, 0.25) is 5.91 Å². The molecule has 1 aliphatic rings. The zero-order valence-corrected chi connectivity index (χ0v) is 12.4. The van der Waals surface area contributed by atoms with Crippen LogP contribution in [0.3, 0.4) is 0 Å². The first-order chi connectivity index (χ1) is 9.41. The molecule has 0 aromatic heterocycles. The van der Waals surface area contributed by atoms with Gasteiger partial charge in [0.1, 0.15) is 0 Å². The minimum atomic E-state index is 0.102. The van der Waals surface area contributed by atoms with Crippen LogP contribution >= 0.6 is 0 Å². The van der Waals surface area contributed by atoms with Gasteiger partial charge in [-0.15, -0.1) is 0 Å². The number of hydrogen-bond donors (Lipinski definition) is 1. The third-order valence-electron chi connectivity index (χ3n) is 4.25. The van der Waals surface area contributed by atoms with Crippen LogP contribution in [0.1, 0.15) is 45.6 Å². The van der Waals surface area contributed by atoms with E-state index in [4.69, 9.17) is 5.26 Å². The summed E-state index contributed by atoms with van der Waals surface area (Å²) < 4.78 is 0. The second-order valence-corrected chi connectivity index (χ2v) is 6.69. The lowest BCUT2D eigenvalue weighted by atomic mass is 9.74. The highest BCUT2D eigenvalue weighted by Gasteiger charge is 2.39. The minimum absolute atomic E-state index is 0.102. The maximum Gasteiger partial charge on any atom is 0.227 e.